The van der Waals surface area contributed by atoms with Gasteiger partial charge in [-0.3, -0.25) is 10.1 Å². The number of nitrogens with one attached hydrogen (secondary N) is 1. The highest BCUT2D eigenvalue weighted by atomic mass is 35.5. The number of anilines is 1. The van der Waals surface area contributed by atoms with Crippen LogP contribution in [0.15, 0.2) is 12.1 Å². The molecule has 3 atom stereocenters. The Hall–Kier alpha value is -1.36. The molecule has 1 aliphatic carbocycles. The summed E-state index contributed by atoms with van der Waals surface area (Å²) in [7, 11) is 0. The zero-order chi connectivity index (χ0) is 14.9. The number of nitro benzene ring substituents is 1. The second-order valence-electron chi connectivity index (χ2n) is 5.56. The fourth-order valence-electron chi connectivity index (χ4n) is 2.79. The van der Waals surface area contributed by atoms with Crippen LogP contribution >= 0.6 is 11.6 Å². The molecule has 0 amide bonds. The predicted octanol–water partition coefficient (Wildman–Crippen LogP) is 4.62. The van der Waals surface area contributed by atoms with E-state index in [4.69, 9.17) is 11.6 Å². The van der Waals surface area contributed by atoms with Crippen LogP contribution in [0.2, 0.25) is 5.02 Å². The second-order valence-corrected chi connectivity index (χ2v) is 5.97. The van der Waals surface area contributed by atoms with E-state index in [-0.39, 0.29) is 22.4 Å². The van der Waals surface area contributed by atoms with E-state index < -0.39 is 10.7 Å². The molecule has 0 aliphatic heterocycles. The third kappa shape index (κ3) is 3.03. The number of halogens is 2. The molecule has 20 heavy (non-hydrogen) atoms. The van der Waals surface area contributed by atoms with Gasteiger partial charge in [-0.15, -0.1) is 0 Å². The molecule has 0 spiro atoms. The Morgan fingerprint density at radius 3 is 2.75 bits per heavy atom. The summed E-state index contributed by atoms with van der Waals surface area (Å²) in [6.45, 7) is 4.30. The Kier molecular flexibility index (Phi) is 4.48. The standard InChI is InChI=1S/C14H18ClFN2O2/c1-8-4-3-5-12(9(8)2)17-13-7-11(16)10(15)6-14(13)18(19)20/h6-9,12,17H,3-5H2,1-2H3. The van der Waals surface area contributed by atoms with Crippen molar-refractivity contribution in [1.82, 2.24) is 0 Å². The van der Waals surface area contributed by atoms with Crippen LogP contribution in [0.25, 0.3) is 0 Å². The van der Waals surface area contributed by atoms with E-state index in [2.05, 4.69) is 19.2 Å². The van der Waals surface area contributed by atoms with Crippen molar-refractivity contribution in [3.63, 3.8) is 0 Å². The van der Waals surface area contributed by atoms with Crippen molar-refractivity contribution in [1.29, 1.82) is 0 Å². The third-order valence-corrected chi connectivity index (χ3v) is 4.57. The van der Waals surface area contributed by atoms with Crippen molar-refractivity contribution in [2.75, 3.05) is 5.32 Å². The molecule has 110 valence electrons. The minimum absolute atomic E-state index is 0.123. The smallest absolute Gasteiger partial charge is 0.294 e. The van der Waals surface area contributed by atoms with Gasteiger partial charge in [0, 0.05) is 18.2 Å². The van der Waals surface area contributed by atoms with Crippen LogP contribution in [0.5, 0.6) is 0 Å². The molecule has 6 heteroatoms. The number of hydrogen-bond acceptors (Lipinski definition) is 3. The molecular weight excluding hydrogens is 283 g/mol. The first kappa shape index (κ1) is 15.0. The minimum atomic E-state index is -0.642. The zero-order valence-electron chi connectivity index (χ0n) is 11.5. The maximum absolute atomic E-state index is 13.6. The Balaban J connectivity index is 2.28. The fraction of sp³-hybridized carbons (Fsp3) is 0.571. The first-order valence-electron chi connectivity index (χ1n) is 6.80. The van der Waals surface area contributed by atoms with Gasteiger partial charge in [0.05, 0.1) is 9.95 Å². The van der Waals surface area contributed by atoms with E-state index in [0.717, 1.165) is 31.4 Å². The van der Waals surface area contributed by atoms with Gasteiger partial charge < -0.3 is 5.32 Å². The SMILES string of the molecule is CC1CCCC(Nc2cc(F)c(Cl)cc2[N+](=O)[O-])C1C. The summed E-state index contributed by atoms with van der Waals surface area (Å²) in [5, 5.41) is 14.0. The number of nitrogens with zero attached hydrogens (tertiary/aromatic N) is 1. The lowest BCUT2D eigenvalue weighted by Crippen LogP contribution is -2.35. The van der Waals surface area contributed by atoms with Gasteiger partial charge in [0.15, 0.2) is 0 Å². The van der Waals surface area contributed by atoms with Crippen molar-refractivity contribution >= 4 is 23.0 Å². The van der Waals surface area contributed by atoms with Crippen LogP contribution < -0.4 is 5.32 Å². The van der Waals surface area contributed by atoms with Gasteiger partial charge in [-0.1, -0.05) is 38.3 Å². The average molecular weight is 301 g/mol. The Morgan fingerprint density at radius 2 is 2.10 bits per heavy atom. The maximum atomic E-state index is 13.6. The molecule has 1 aliphatic rings. The van der Waals surface area contributed by atoms with Gasteiger partial charge in [0.1, 0.15) is 11.5 Å². The highest BCUT2D eigenvalue weighted by molar-refractivity contribution is 6.31. The van der Waals surface area contributed by atoms with Gasteiger partial charge in [-0.2, -0.15) is 0 Å². The third-order valence-electron chi connectivity index (χ3n) is 4.28. The van der Waals surface area contributed by atoms with Gasteiger partial charge >= 0.3 is 0 Å². The molecule has 1 N–H and O–H groups in total. The summed E-state index contributed by atoms with van der Waals surface area (Å²) in [5.41, 5.74) is 0.0321. The van der Waals surface area contributed by atoms with Crippen molar-refractivity contribution in [2.24, 2.45) is 11.8 Å². The quantitative estimate of drug-likeness (QED) is 0.654. The van der Waals surface area contributed by atoms with Crippen molar-refractivity contribution in [3.05, 3.63) is 33.1 Å². The van der Waals surface area contributed by atoms with Crippen LogP contribution in [0.3, 0.4) is 0 Å². The molecule has 3 unspecified atom stereocenters. The molecule has 1 aromatic carbocycles. The normalized spacial score (nSPS) is 26.3. The minimum Gasteiger partial charge on any atom is -0.376 e. The summed E-state index contributed by atoms with van der Waals surface area (Å²) in [5.74, 6) is 0.302. The Bertz CT molecular complexity index is 524. The van der Waals surface area contributed by atoms with E-state index in [1.165, 1.54) is 0 Å². The number of hydrogen-bond donors (Lipinski definition) is 1. The molecule has 1 fully saturated rings. The van der Waals surface area contributed by atoms with Gasteiger partial charge in [0.2, 0.25) is 0 Å². The molecule has 0 bridgehead atoms. The summed E-state index contributed by atoms with van der Waals surface area (Å²) >= 11 is 5.62. The molecule has 0 radical (unpaired) electrons. The topological polar surface area (TPSA) is 55.2 Å². The number of rotatable bonds is 3. The van der Waals surface area contributed by atoms with E-state index in [1.807, 2.05) is 0 Å². The lowest BCUT2D eigenvalue weighted by molar-refractivity contribution is -0.384. The molecule has 0 saturated heterocycles. The molecule has 2 rings (SSSR count). The van der Waals surface area contributed by atoms with E-state index >= 15 is 0 Å². The van der Waals surface area contributed by atoms with Gasteiger partial charge in [-0.25, -0.2) is 4.39 Å². The Labute approximate surface area is 122 Å². The van der Waals surface area contributed by atoms with Crippen LogP contribution in [-0.4, -0.2) is 11.0 Å². The van der Waals surface area contributed by atoms with Crippen LogP contribution in [0.4, 0.5) is 15.8 Å². The van der Waals surface area contributed by atoms with Gasteiger partial charge in [0.25, 0.3) is 5.69 Å². The summed E-state index contributed by atoms with van der Waals surface area (Å²) in [6, 6.07) is 2.31. The first-order chi connectivity index (χ1) is 9.40. The predicted molar refractivity (Wildman–Crippen MR) is 77.7 cm³/mol. The summed E-state index contributed by atoms with van der Waals surface area (Å²) < 4.78 is 13.6. The lowest BCUT2D eigenvalue weighted by atomic mass is 9.78. The zero-order valence-corrected chi connectivity index (χ0v) is 12.3. The largest absolute Gasteiger partial charge is 0.376 e. The van der Waals surface area contributed by atoms with Gasteiger partial charge in [-0.05, 0) is 18.3 Å². The number of nitro groups is 1. The summed E-state index contributed by atoms with van der Waals surface area (Å²) in [6.07, 6.45) is 3.18. The van der Waals surface area contributed by atoms with Crippen LogP contribution in [0, 0.1) is 27.8 Å². The van der Waals surface area contributed by atoms with Crippen LogP contribution in [0.1, 0.15) is 33.1 Å². The molecule has 0 aromatic heterocycles. The van der Waals surface area contributed by atoms with Crippen molar-refractivity contribution in [3.8, 4) is 0 Å². The lowest BCUT2D eigenvalue weighted by Gasteiger charge is -2.35. The summed E-state index contributed by atoms with van der Waals surface area (Å²) in [4.78, 5) is 10.5. The molecule has 1 aromatic rings. The molecule has 1 saturated carbocycles. The van der Waals surface area contributed by atoms with E-state index in [0.29, 0.717) is 11.8 Å². The second kappa shape index (κ2) is 5.95. The average Bonchev–Trinajstić information content (AvgIpc) is 2.38. The molecular formula is C14H18ClFN2O2. The maximum Gasteiger partial charge on any atom is 0.294 e. The molecule has 0 heterocycles. The highest BCUT2D eigenvalue weighted by Crippen LogP contribution is 2.35. The van der Waals surface area contributed by atoms with E-state index in [1.54, 1.807) is 0 Å². The number of benzene rings is 1. The van der Waals surface area contributed by atoms with Crippen LogP contribution in [-0.2, 0) is 0 Å². The van der Waals surface area contributed by atoms with E-state index in [9.17, 15) is 14.5 Å². The van der Waals surface area contributed by atoms with Crippen molar-refractivity contribution < 1.29 is 9.31 Å². The van der Waals surface area contributed by atoms with Crippen molar-refractivity contribution in [2.45, 2.75) is 39.2 Å². The molecule has 4 nitrogen and oxygen atoms in total. The Morgan fingerprint density at radius 1 is 1.40 bits per heavy atom. The monoisotopic (exact) mass is 300 g/mol. The fourth-order valence-corrected chi connectivity index (χ4v) is 2.95. The first-order valence-corrected chi connectivity index (χ1v) is 7.18. The highest BCUT2D eigenvalue weighted by Gasteiger charge is 2.29.